The quantitative estimate of drug-likeness (QED) is 0.682. The largest absolute Gasteiger partial charge is 0.304 e. The highest BCUT2D eigenvalue weighted by atomic mass is 19.1. The maximum atomic E-state index is 13.4. The van der Waals surface area contributed by atoms with Crippen molar-refractivity contribution >= 4 is 22.5 Å². The Balaban J connectivity index is 1.71. The van der Waals surface area contributed by atoms with Gasteiger partial charge in [-0.2, -0.15) is 5.10 Å². The predicted octanol–water partition coefficient (Wildman–Crippen LogP) is 2.27. The molecule has 1 unspecified atom stereocenters. The number of Topliss-reactive ketones (excluding diaryl/α,β-unsaturated/α-hetero) is 2. The lowest BCUT2D eigenvalue weighted by molar-refractivity contribution is -0.121. The monoisotopic (exact) mass is 381 g/mol. The van der Waals surface area contributed by atoms with Gasteiger partial charge in [-0.3, -0.25) is 14.3 Å². The Morgan fingerprint density at radius 1 is 1.25 bits per heavy atom. The van der Waals surface area contributed by atoms with E-state index in [-0.39, 0.29) is 31.1 Å². The number of hydrogen-bond donors (Lipinski definition) is 1. The van der Waals surface area contributed by atoms with Crippen LogP contribution in [0.2, 0.25) is 0 Å². The number of benzene rings is 1. The fourth-order valence-corrected chi connectivity index (χ4v) is 3.48. The van der Waals surface area contributed by atoms with Gasteiger partial charge in [-0.25, -0.2) is 14.4 Å². The first-order chi connectivity index (χ1) is 13.4. The molecule has 4 rings (SSSR count). The minimum Gasteiger partial charge on any atom is -0.304 e. The van der Waals surface area contributed by atoms with Gasteiger partial charge in [-0.15, -0.1) is 0 Å². The Kier molecular flexibility index (Phi) is 4.72. The Morgan fingerprint density at radius 2 is 2.00 bits per heavy atom. The number of carbonyl (C=O) groups is 2. The highest BCUT2D eigenvalue weighted by Crippen LogP contribution is 2.27. The van der Waals surface area contributed by atoms with Crippen molar-refractivity contribution in [1.29, 1.82) is 0 Å². The average Bonchev–Trinajstić information content (AvgIpc) is 3.26. The number of carbonyl (C=O) groups excluding carboxylic acids is 2. The number of hydrogen-bond acceptors (Lipinski definition) is 6. The first-order valence-corrected chi connectivity index (χ1v) is 9.13. The summed E-state index contributed by atoms with van der Waals surface area (Å²) >= 11 is 0. The van der Waals surface area contributed by atoms with Gasteiger partial charge in [0.05, 0.1) is 11.6 Å². The van der Waals surface area contributed by atoms with Gasteiger partial charge in [0.2, 0.25) is 0 Å². The summed E-state index contributed by atoms with van der Waals surface area (Å²) in [5, 5.41) is 7.92. The second-order valence-electron chi connectivity index (χ2n) is 7.07. The number of fused-ring (bicyclic) bond motifs is 1. The molecule has 2 atom stereocenters. The molecule has 3 aromatic rings. The second kappa shape index (κ2) is 7.20. The van der Waals surface area contributed by atoms with Crippen molar-refractivity contribution < 1.29 is 14.0 Å². The van der Waals surface area contributed by atoms with Crippen molar-refractivity contribution in [3.8, 4) is 11.1 Å². The minimum absolute atomic E-state index is 0.0127. The minimum atomic E-state index is -1.00. The molecule has 7 nitrogen and oxygen atoms in total. The van der Waals surface area contributed by atoms with Gasteiger partial charge >= 0.3 is 0 Å². The Morgan fingerprint density at radius 3 is 2.64 bits per heavy atom. The van der Waals surface area contributed by atoms with Gasteiger partial charge in [-0.1, -0.05) is 6.07 Å². The molecule has 144 valence electrons. The summed E-state index contributed by atoms with van der Waals surface area (Å²) in [6.45, 7) is 3.44. The third kappa shape index (κ3) is 3.43. The van der Waals surface area contributed by atoms with Crippen molar-refractivity contribution in [2.24, 2.45) is 0 Å². The highest BCUT2D eigenvalue weighted by Gasteiger charge is 2.29. The van der Waals surface area contributed by atoms with Crippen LogP contribution in [0.1, 0.15) is 29.7 Å². The zero-order valence-corrected chi connectivity index (χ0v) is 15.6. The molecule has 0 saturated carbocycles. The van der Waals surface area contributed by atoms with Gasteiger partial charge in [0.15, 0.2) is 11.6 Å². The predicted molar refractivity (Wildman–Crippen MR) is 102 cm³/mol. The van der Waals surface area contributed by atoms with Crippen LogP contribution in [-0.4, -0.2) is 50.1 Å². The number of nitrogens with one attached hydrogen (secondary N) is 1. The summed E-state index contributed by atoms with van der Waals surface area (Å²) in [5.74, 6) is 0.351. The molecule has 28 heavy (non-hydrogen) atoms. The average molecular weight is 381 g/mol. The summed E-state index contributed by atoms with van der Waals surface area (Å²) in [4.78, 5) is 33.0. The lowest BCUT2D eigenvalue weighted by Gasteiger charge is -2.09. The SMILES string of the molecule is CC(=O)c1nn(CC(=O)C2C[C@H](F)CN2)c2ccc(-c3cnc(C)nc3)cc12. The van der Waals surface area contributed by atoms with Crippen LogP contribution < -0.4 is 5.32 Å². The van der Waals surface area contributed by atoms with E-state index in [2.05, 4.69) is 20.4 Å². The lowest BCUT2D eigenvalue weighted by atomic mass is 10.0. The van der Waals surface area contributed by atoms with E-state index < -0.39 is 12.2 Å². The Labute approximate surface area is 161 Å². The third-order valence-electron chi connectivity index (χ3n) is 4.97. The summed E-state index contributed by atoms with van der Waals surface area (Å²) < 4.78 is 14.9. The molecule has 0 spiro atoms. The zero-order valence-electron chi connectivity index (χ0n) is 15.6. The summed E-state index contributed by atoms with van der Waals surface area (Å²) in [6.07, 6.45) is 2.62. The van der Waals surface area contributed by atoms with Crippen LogP contribution in [-0.2, 0) is 11.3 Å². The second-order valence-corrected chi connectivity index (χ2v) is 7.07. The first-order valence-electron chi connectivity index (χ1n) is 9.13. The van der Waals surface area contributed by atoms with Gasteiger partial charge < -0.3 is 5.32 Å². The maximum Gasteiger partial charge on any atom is 0.180 e. The topological polar surface area (TPSA) is 89.8 Å². The van der Waals surface area contributed by atoms with Crippen LogP contribution in [0.15, 0.2) is 30.6 Å². The molecule has 0 amide bonds. The van der Waals surface area contributed by atoms with E-state index in [1.807, 2.05) is 25.1 Å². The molecule has 1 aromatic carbocycles. The van der Waals surface area contributed by atoms with Crippen LogP contribution in [0.25, 0.3) is 22.0 Å². The van der Waals surface area contributed by atoms with Crippen LogP contribution in [0, 0.1) is 6.92 Å². The van der Waals surface area contributed by atoms with Crippen LogP contribution in [0.4, 0.5) is 4.39 Å². The molecule has 0 bridgehead atoms. The first kappa shape index (κ1) is 18.4. The number of ketones is 2. The Hall–Kier alpha value is -3.00. The summed E-state index contributed by atoms with van der Waals surface area (Å²) in [6, 6.07) is 5.06. The maximum absolute atomic E-state index is 13.4. The van der Waals surface area contributed by atoms with Crippen LogP contribution in [0.5, 0.6) is 0 Å². The van der Waals surface area contributed by atoms with E-state index in [0.717, 1.165) is 11.1 Å². The molecule has 1 saturated heterocycles. The number of nitrogens with zero attached hydrogens (tertiary/aromatic N) is 4. The number of halogens is 1. The van der Waals surface area contributed by atoms with Crippen molar-refractivity contribution in [2.45, 2.75) is 39.0 Å². The van der Waals surface area contributed by atoms with Gasteiger partial charge in [-0.05, 0) is 24.6 Å². The standard InChI is InChI=1S/C20H20FN5O2/c1-11(27)20-16-5-13(14-7-22-12(2)23-8-14)3-4-18(16)26(25-20)10-19(28)17-6-15(21)9-24-17/h3-5,7-8,15,17,24H,6,9-10H2,1-2H3/t15-,17?/m0/s1. The number of rotatable bonds is 5. The molecule has 3 heterocycles. The van der Waals surface area contributed by atoms with Crippen molar-refractivity contribution in [3.63, 3.8) is 0 Å². The molecule has 1 aliphatic heterocycles. The number of aryl methyl sites for hydroxylation is 1. The van der Waals surface area contributed by atoms with E-state index >= 15 is 0 Å². The number of aromatic nitrogens is 4. The van der Waals surface area contributed by atoms with Crippen LogP contribution >= 0.6 is 0 Å². The van der Waals surface area contributed by atoms with Crippen molar-refractivity contribution in [2.75, 3.05) is 6.54 Å². The molecule has 8 heteroatoms. The number of alkyl halides is 1. The normalized spacial score (nSPS) is 19.2. The molecular formula is C20H20FN5O2. The fourth-order valence-electron chi connectivity index (χ4n) is 3.48. The van der Waals surface area contributed by atoms with E-state index in [9.17, 15) is 14.0 Å². The molecule has 1 aliphatic rings. The zero-order chi connectivity index (χ0) is 19.8. The summed E-state index contributed by atoms with van der Waals surface area (Å²) in [7, 11) is 0. The molecule has 0 aliphatic carbocycles. The third-order valence-corrected chi connectivity index (χ3v) is 4.97. The van der Waals surface area contributed by atoms with Crippen molar-refractivity contribution in [3.05, 3.63) is 42.1 Å². The molecule has 0 radical (unpaired) electrons. The van der Waals surface area contributed by atoms with Gasteiger partial charge in [0, 0.05) is 43.2 Å². The van der Waals surface area contributed by atoms with E-state index in [1.54, 1.807) is 12.4 Å². The molecular weight excluding hydrogens is 361 g/mol. The molecule has 1 N–H and O–H groups in total. The smallest absolute Gasteiger partial charge is 0.180 e. The van der Waals surface area contributed by atoms with E-state index in [4.69, 9.17) is 0 Å². The summed E-state index contributed by atoms with van der Waals surface area (Å²) in [5.41, 5.74) is 2.68. The van der Waals surface area contributed by atoms with E-state index in [1.165, 1.54) is 11.6 Å². The Bertz CT molecular complexity index is 1060. The van der Waals surface area contributed by atoms with Crippen LogP contribution in [0.3, 0.4) is 0 Å². The van der Waals surface area contributed by atoms with Crippen molar-refractivity contribution in [1.82, 2.24) is 25.1 Å². The van der Waals surface area contributed by atoms with Gasteiger partial charge in [0.1, 0.15) is 24.2 Å². The van der Waals surface area contributed by atoms with Gasteiger partial charge in [0.25, 0.3) is 0 Å². The molecule has 1 fully saturated rings. The lowest BCUT2D eigenvalue weighted by Crippen LogP contribution is -2.33. The fraction of sp³-hybridized carbons (Fsp3) is 0.350. The van der Waals surface area contributed by atoms with E-state index in [0.29, 0.717) is 22.4 Å². The molecule has 2 aromatic heterocycles. The highest BCUT2D eigenvalue weighted by molar-refractivity contribution is 6.06.